The summed E-state index contributed by atoms with van der Waals surface area (Å²) in [5.74, 6) is 0.787. The predicted molar refractivity (Wildman–Crippen MR) is 70.9 cm³/mol. The summed E-state index contributed by atoms with van der Waals surface area (Å²) in [7, 11) is 7.68. The molecule has 1 aromatic carbocycles. The van der Waals surface area contributed by atoms with E-state index in [0.29, 0.717) is 15.7 Å². The summed E-state index contributed by atoms with van der Waals surface area (Å²) in [6, 6.07) is 5.35. The Morgan fingerprint density at radius 1 is 1.00 bits per heavy atom. The van der Waals surface area contributed by atoms with Crippen LogP contribution in [0.25, 0.3) is 0 Å². The molecule has 0 aromatic heterocycles. The van der Waals surface area contributed by atoms with E-state index >= 15 is 0 Å². The van der Waals surface area contributed by atoms with Gasteiger partial charge in [0, 0.05) is 28.2 Å². The average Bonchev–Trinajstić information content (AvgIpc) is 2.15. The third-order valence-corrected chi connectivity index (χ3v) is 2.56. The van der Waals surface area contributed by atoms with Gasteiger partial charge in [-0.05, 0) is 12.1 Å². The fourth-order valence-electron chi connectivity index (χ4n) is 1.30. The first kappa shape index (κ1) is 13.1. The van der Waals surface area contributed by atoms with Crippen LogP contribution in [0.5, 0.6) is 0 Å². The van der Waals surface area contributed by atoms with E-state index in [9.17, 15) is 0 Å². The van der Waals surface area contributed by atoms with Crippen LogP contribution in [-0.4, -0.2) is 44.0 Å². The van der Waals surface area contributed by atoms with Crippen LogP contribution in [-0.2, 0) is 0 Å². The van der Waals surface area contributed by atoms with Crippen LogP contribution < -0.4 is 0 Å². The maximum absolute atomic E-state index is 6.05. The summed E-state index contributed by atoms with van der Waals surface area (Å²) in [5.41, 5.74) is 0.600. The number of hydrogen-bond donors (Lipinski definition) is 0. The molecular weight excluding hydrogens is 245 g/mol. The van der Waals surface area contributed by atoms with Crippen LogP contribution >= 0.6 is 23.2 Å². The van der Waals surface area contributed by atoms with E-state index in [0.717, 1.165) is 5.96 Å². The molecule has 0 heterocycles. The lowest BCUT2D eigenvalue weighted by molar-refractivity contribution is 0.484. The number of nitrogens with zero attached hydrogens (tertiary/aromatic N) is 3. The van der Waals surface area contributed by atoms with Gasteiger partial charge in [0.15, 0.2) is 0 Å². The molecule has 0 bridgehead atoms. The largest absolute Gasteiger partial charge is 0.349 e. The highest BCUT2D eigenvalue weighted by Crippen LogP contribution is 2.32. The van der Waals surface area contributed by atoms with Crippen LogP contribution in [0.15, 0.2) is 23.2 Å². The summed E-state index contributed by atoms with van der Waals surface area (Å²) in [5, 5.41) is 1.10. The van der Waals surface area contributed by atoms with E-state index in [1.807, 2.05) is 38.0 Å². The Bertz CT molecular complexity index is 370. The van der Waals surface area contributed by atoms with Crippen molar-refractivity contribution in [1.29, 1.82) is 0 Å². The van der Waals surface area contributed by atoms with Gasteiger partial charge in [-0.3, -0.25) is 0 Å². The minimum Gasteiger partial charge on any atom is -0.349 e. The average molecular weight is 260 g/mol. The van der Waals surface area contributed by atoms with Crippen molar-refractivity contribution in [1.82, 2.24) is 9.80 Å². The molecule has 0 fully saturated rings. The van der Waals surface area contributed by atoms with Gasteiger partial charge >= 0.3 is 0 Å². The first-order chi connectivity index (χ1) is 7.43. The summed E-state index contributed by atoms with van der Waals surface area (Å²) >= 11 is 12.1. The van der Waals surface area contributed by atoms with Crippen molar-refractivity contribution in [3.63, 3.8) is 0 Å². The van der Waals surface area contributed by atoms with E-state index in [2.05, 4.69) is 4.99 Å². The van der Waals surface area contributed by atoms with Crippen LogP contribution in [0.3, 0.4) is 0 Å². The first-order valence-electron chi connectivity index (χ1n) is 4.81. The van der Waals surface area contributed by atoms with Gasteiger partial charge in [0.05, 0.1) is 10.0 Å². The van der Waals surface area contributed by atoms with Crippen LogP contribution in [0, 0.1) is 0 Å². The molecule has 0 amide bonds. The quantitative estimate of drug-likeness (QED) is 0.570. The zero-order valence-corrected chi connectivity index (χ0v) is 11.3. The lowest BCUT2D eigenvalue weighted by Gasteiger charge is -2.22. The number of para-hydroxylation sites is 1. The van der Waals surface area contributed by atoms with Crippen molar-refractivity contribution in [3.05, 3.63) is 28.2 Å². The minimum absolute atomic E-state index is 0.550. The zero-order valence-electron chi connectivity index (χ0n) is 9.83. The molecule has 0 spiro atoms. The monoisotopic (exact) mass is 259 g/mol. The van der Waals surface area contributed by atoms with Crippen molar-refractivity contribution in [2.75, 3.05) is 28.2 Å². The molecule has 0 saturated carbocycles. The Balaban J connectivity index is 3.23. The third kappa shape index (κ3) is 3.03. The Kier molecular flexibility index (Phi) is 4.44. The van der Waals surface area contributed by atoms with Gasteiger partial charge in [-0.1, -0.05) is 29.3 Å². The Morgan fingerprint density at radius 3 is 1.81 bits per heavy atom. The van der Waals surface area contributed by atoms with E-state index in [4.69, 9.17) is 23.2 Å². The summed E-state index contributed by atoms with van der Waals surface area (Å²) in [6.45, 7) is 0. The summed E-state index contributed by atoms with van der Waals surface area (Å²) in [4.78, 5) is 8.27. The van der Waals surface area contributed by atoms with Crippen molar-refractivity contribution in [2.45, 2.75) is 0 Å². The highest BCUT2D eigenvalue weighted by atomic mass is 35.5. The molecule has 0 aliphatic heterocycles. The van der Waals surface area contributed by atoms with Gasteiger partial charge < -0.3 is 9.80 Å². The number of halogens is 2. The highest BCUT2D eigenvalue weighted by molar-refractivity contribution is 6.38. The van der Waals surface area contributed by atoms with Crippen molar-refractivity contribution >= 4 is 34.8 Å². The molecule has 1 rings (SSSR count). The van der Waals surface area contributed by atoms with Gasteiger partial charge in [0.2, 0.25) is 5.96 Å². The molecule has 16 heavy (non-hydrogen) atoms. The number of hydrogen-bond acceptors (Lipinski definition) is 1. The molecule has 3 nitrogen and oxygen atoms in total. The van der Waals surface area contributed by atoms with Crippen LogP contribution in [0.1, 0.15) is 0 Å². The fourth-order valence-corrected chi connectivity index (χ4v) is 1.78. The normalized spacial score (nSPS) is 9.88. The first-order valence-corrected chi connectivity index (χ1v) is 5.56. The van der Waals surface area contributed by atoms with Gasteiger partial charge in [0.1, 0.15) is 5.69 Å². The minimum atomic E-state index is 0.550. The second kappa shape index (κ2) is 5.41. The van der Waals surface area contributed by atoms with Crippen molar-refractivity contribution in [3.8, 4) is 0 Å². The number of benzene rings is 1. The molecule has 5 heteroatoms. The van der Waals surface area contributed by atoms with E-state index in [-0.39, 0.29) is 0 Å². The topological polar surface area (TPSA) is 18.8 Å². The Hall–Kier alpha value is -0.930. The van der Waals surface area contributed by atoms with Gasteiger partial charge in [0.25, 0.3) is 0 Å². The smallest absolute Gasteiger partial charge is 0.200 e. The molecule has 0 atom stereocenters. The standard InChI is InChI=1S/C11H15Cl2N3/c1-15(2)11(16(3)4)14-10-8(12)6-5-7-9(10)13/h5-7H,1-4H3. The summed E-state index contributed by atoms with van der Waals surface area (Å²) < 4.78 is 0. The van der Waals surface area contributed by atoms with E-state index in [1.165, 1.54) is 0 Å². The van der Waals surface area contributed by atoms with Gasteiger partial charge in [-0.15, -0.1) is 0 Å². The Morgan fingerprint density at radius 2 is 1.44 bits per heavy atom. The lowest BCUT2D eigenvalue weighted by Crippen LogP contribution is -2.35. The SMILES string of the molecule is CN(C)C(=Nc1c(Cl)cccc1Cl)N(C)C. The van der Waals surface area contributed by atoms with Gasteiger partial charge in [-0.2, -0.15) is 0 Å². The molecule has 0 saturated heterocycles. The maximum Gasteiger partial charge on any atom is 0.200 e. The Labute approximate surface area is 106 Å². The van der Waals surface area contributed by atoms with Crippen molar-refractivity contribution in [2.24, 2.45) is 4.99 Å². The molecular formula is C11H15Cl2N3. The number of guanidine groups is 1. The predicted octanol–water partition coefficient (Wildman–Crippen LogP) is 3.10. The van der Waals surface area contributed by atoms with Crippen LogP contribution in [0.2, 0.25) is 10.0 Å². The second-order valence-electron chi connectivity index (χ2n) is 3.77. The van der Waals surface area contributed by atoms with Crippen molar-refractivity contribution < 1.29 is 0 Å². The fraction of sp³-hybridized carbons (Fsp3) is 0.364. The van der Waals surface area contributed by atoms with E-state index in [1.54, 1.807) is 18.2 Å². The lowest BCUT2D eigenvalue weighted by atomic mass is 10.3. The zero-order chi connectivity index (χ0) is 12.3. The molecule has 0 N–H and O–H groups in total. The van der Waals surface area contributed by atoms with Crippen LogP contribution in [0.4, 0.5) is 5.69 Å². The number of rotatable bonds is 1. The molecule has 1 aromatic rings. The maximum atomic E-state index is 6.05. The molecule has 0 aliphatic rings. The molecule has 0 aliphatic carbocycles. The molecule has 0 unspecified atom stereocenters. The second-order valence-corrected chi connectivity index (χ2v) is 4.59. The highest BCUT2D eigenvalue weighted by Gasteiger charge is 2.09. The number of aliphatic imine (C=N–C) groups is 1. The molecule has 88 valence electrons. The van der Waals surface area contributed by atoms with Gasteiger partial charge in [-0.25, -0.2) is 4.99 Å². The van der Waals surface area contributed by atoms with E-state index < -0.39 is 0 Å². The summed E-state index contributed by atoms with van der Waals surface area (Å²) in [6.07, 6.45) is 0. The molecule has 0 radical (unpaired) electrons. The third-order valence-electron chi connectivity index (χ3n) is 1.95.